The number of aliphatic hydroxyl groups excluding tert-OH is 1. The average molecular weight is 183 g/mol. The summed E-state index contributed by atoms with van der Waals surface area (Å²) in [5.41, 5.74) is 0.484. The van der Waals surface area contributed by atoms with Gasteiger partial charge < -0.3 is 14.8 Å². The van der Waals surface area contributed by atoms with Crippen LogP contribution in [0.15, 0.2) is 16.7 Å². The van der Waals surface area contributed by atoms with Gasteiger partial charge in [-0.2, -0.15) is 0 Å². The maximum absolute atomic E-state index is 11.3. The van der Waals surface area contributed by atoms with Crippen LogP contribution in [-0.2, 0) is 0 Å². The fraction of sp³-hybridized carbons (Fsp3) is 0.444. The van der Waals surface area contributed by atoms with Crippen LogP contribution in [0.5, 0.6) is 0 Å². The van der Waals surface area contributed by atoms with E-state index in [9.17, 15) is 4.79 Å². The van der Waals surface area contributed by atoms with E-state index in [-0.39, 0.29) is 18.6 Å². The van der Waals surface area contributed by atoms with Crippen molar-refractivity contribution < 1.29 is 14.3 Å². The van der Waals surface area contributed by atoms with E-state index in [4.69, 9.17) is 9.52 Å². The summed E-state index contributed by atoms with van der Waals surface area (Å²) in [7, 11) is 0. The molecule has 4 nitrogen and oxygen atoms in total. The van der Waals surface area contributed by atoms with Gasteiger partial charge in [-0.05, 0) is 19.9 Å². The zero-order chi connectivity index (χ0) is 9.84. The molecule has 0 bridgehead atoms. The van der Waals surface area contributed by atoms with Crippen molar-refractivity contribution in [2.75, 3.05) is 6.61 Å². The summed E-state index contributed by atoms with van der Waals surface area (Å²) in [6.07, 6.45) is 1.40. The summed E-state index contributed by atoms with van der Waals surface area (Å²) < 4.78 is 4.98. The summed E-state index contributed by atoms with van der Waals surface area (Å²) in [6, 6.07) is 1.42. The SMILES string of the molecule is Cc1cc(C(=O)N[C@H](C)CO)co1. The van der Waals surface area contributed by atoms with Crippen molar-refractivity contribution >= 4 is 5.91 Å². The molecule has 1 aromatic heterocycles. The Morgan fingerprint density at radius 1 is 1.77 bits per heavy atom. The number of aliphatic hydroxyl groups is 1. The molecule has 13 heavy (non-hydrogen) atoms. The number of carbonyl (C=O) groups excluding carboxylic acids is 1. The van der Waals surface area contributed by atoms with Crippen molar-refractivity contribution in [3.63, 3.8) is 0 Å². The largest absolute Gasteiger partial charge is 0.469 e. The third-order valence-corrected chi connectivity index (χ3v) is 1.64. The minimum absolute atomic E-state index is 0.0669. The van der Waals surface area contributed by atoms with Crippen LogP contribution in [0.4, 0.5) is 0 Å². The van der Waals surface area contributed by atoms with Gasteiger partial charge in [-0.15, -0.1) is 0 Å². The first kappa shape index (κ1) is 9.80. The van der Waals surface area contributed by atoms with Crippen LogP contribution >= 0.6 is 0 Å². The first-order chi connectivity index (χ1) is 6.13. The quantitative estimate of drug-likeness (QED) is 0.725. The number of amides is 1. The molecule has 0 radical (unpaired) electrons. The molecule has 1 amide bonds. The topological polar surface area (TPSA) is 62.5 Å². The second-order valence-electron chi connectivity index (χ2n) is 3.00. The lowest BCUT2D eigenvalue weighted by atomic mass is 10.2. The molecular formula is C9H13NO3. The van der Waals surface area contributed by atoms with Gasteiger partial charge in [0, 0.05) is 6.04 Å². The Morgan fingerprint density at radius 3 is 2.92 bits per heavy atom. The third kappa shape index (κ3) is 2.59. The van der Waals surface area contributed by atoms with Gasteiger partial charge in [0.15, 0.2) is 0 Å². The number of rotatable bonds is 3. The van der Waals surface area contributed by atoms with Gasteiger partial charge in [0.05, 0.1) is 12.2 Å². The lowest BCUT2D eigenvalue weighted by molar-refractivity contribution is 0.0921. The van der Waals surface area contributed by atoms with Crippen LogP contribution < -0.4 is 5.32 Å². The highest BCUT2D eigenvalue weighted by atomic mass is 16.3. The van der Waals surface area contributed by atoms with Crippen molar-refractivity contribution in [1.29, 1.82) is 0 Å². The first-order valence-corrected chi connectivity index (χ1v) is 4.10. The molecule has 1 heterocycles. The minimum atomic E-state index is -0.234. The molecule has 0 aromatic carbocycles. The van der Waals surface area contributed by atoms with E-state index in [1.54, 1.807) is 19.9 Å². The predicted octanol–water partition coefficient (Wildman–Crippen LogP) is 0.699. The molecule has 0 aliphatic carbocycles. The minimum Gasteiger partial charge on any atom is -0.469 e. The highest BCUT2D eigenvalue weighted by Gasteiger charge is 2.10. The maximum Gasteiger partial charge on any atom is 0.254 e. The summed E-state index contributed by atoms with van der Waals surface area (Å²) >= 11 is 0. The Morgan fingerprint density at radius 2 is 2.46 bits per heavy atom. The van der Waals surface area contributed by atoms with Crippen LogP contribution in [0, 0.1) is 6.92 Å². The Hall–Kier alpha value is -1.29. The Bertz CT molecular complexity index is 293. The molecular weight excluding hydrogens is 170 g/mol. The number of hydrogen-bond acceptors (Lipinski definition) is 3. The molecule has 0 fully saturated rings. The lowest BCUT2D eigenvalue weighted by Crippen LogP contribution is -2.34. The van der Waals surface area contributed by atoms with Crippen molar-refractivity contribution in [3.05, 3.63) is 23.7 Å². The van der Waals surface area contributed by atoms with Crippen LogP contribution in [0.25, 0.3) is 0 Å². The molecule has 1 aromatic rings. The number of furan rings is 1. The summed E-state index contributed by atoms with van der Waals surface area (Å²) in [6.45, 7) is 3.43. The van der Waals surface area contributed by atoms with Gasteiger partial charge in [0.1, 0.15) is 12.0 Å². The van der Waals surface area contributed by atoms with E-state index in [2.05, 4.69) is 5.32 Å². The van der Waals surface area contributed by atoms with E-state index in [0.29, 0.717) is 11.3 Å². The Balaban J connectivity index is 2.58. The highest BCUT2D eigenvalue weighted by molar-refractivity contribution is 5.94. The van der Waals surface area contributed by atoms with Crippen LogP contribution in [0.2, 0.25) is 0 Å². The van der Waals surface area contributed by atoms with Crippen LogP contribution in [0.1, 0.15) is 23.0 Å². The Labute approximate surface area is 76.6 Å². The molecule has 0 saturated carbocycles. The van der Waals surface area contributed by atoms with Crippen molar-refractivity contribution in [1.82, 2.24) is 5.32 Å². The number of hydrogen-bond donors (Lipinski definition) is 2. The summed E-state index contributed by atoms with van der Waals surface area (Å²) in [5, 5.41) is 11.3. The number of aryl methyl sites for hydroxylation is 1. The fourth-order valence-electron chi connectivity index (χ4n) is 0.915. The van der Waals surface area contributed by atoms with Gasteiger partial charge in [-0.3, -0.25) is 4.79 Å². The molecule has 0 saturated heterocycles. The van der Waals surface area contributed by atoms with Crippen molar-refractivity contribution in [2.45, 2.75) is 19.9 Å². The molecule has 2 N–H and O–H groups in total. The van der Waals surface area contributed by atoms with Crippen LogP contribution in [-0.4, -0.2) is 23.7 Å². The van der Waals surface area contributed by atoms with Crippen LogP contribution in [0.3, 0.4) is 0 Å². The van der Waals surface area contributed by atoms with Gasteiger partial charge in [-0.25, -0.2) is 0 Å². The zero-order valence-corrected chi connectivity index (χ0v) is 7.70. The predicted molar refractivity (Wildman–Crippen MR) is 47.5 cm³/mol. The molecule has 1 atom stereocenters. The lowest BCUT2D eigenvalue weighted by Gasteiger charge is -2.08. The molecule has 4 heteroatoms. The molecule has 0 aliphatic rings. The monoisotopic (exact) mass is 183 g/mol. The summed E-state index contributed by atoms with van der Waals surface area (Å²) in [4.78, 5) is 11.3. The highest BCUT2D eigenvalue weighted by Crippen LogP contribution is 2.05. The normalized spacial score (nSPS) is 12.5. The number of carbonyl (C=O) groups is 1. The average Bonchev–Trinajstić information content (AvgIpc) is 2.51. The first-order valence-electron chi connectivity index (χ1n) is 4.10. The number of nitrogens with one attached hydrogen (secondary N) is 1. The fourth-order valence-corrected chi connectivity index (χ4v) is 0.915. The molecule has 72 valence electrons. The van der Waals surface area contributed by atoms with Gasteiger partial charge in [-0.1, -0.05) is 0 Å². The van der Waals surface area contributed by atoms with Crippen molar-refractivity contribution in [3.8, 4) is 0 Å². The van der Waals surface area contributed by atoms with E-state index in [1.165, 1.54) is 6.26 Å². The molecule has 0 unspecified atom stereocenters. The van der Waals surface area contributed by atoms with E-state index in [0.717, 1.165) is 0 Å². The Kier molecular flexibility index (Phi) is 3.08. The third-order valence-electron chi connectivity index (χ3n) is 1.64. The van der Waals surface area contributed by atoms with Gasteiger partial charge >= 0.3 is 0 Å². The van der Waals surface area contributed by atoms with Gasteiger partial charge in [0.25, 0.3) is 5.91 Å². The molecule has 1 rings (SSSR count). The second-order valence-corrected chi connectivity index (χ2v) is 3.00. The zero-order valence-electron chi connectivity index (χ0n) is 7.70. The maximum atomic E-state index is 11.3. The van der Waals surface area contributed by atoms with E-state index < -0.39 is 0 Å². The van der Waals surface area contributed by atoms with E-state index in [1.807, 2.05) is 0 Å². The van der Waals surface area contributed by atoms with Gasteiger partial charge in [0.2, 0.25) is 0 Å². The van der Waals surface area contributed by atoms with E-state index >= 15 is 0 Å². The second kappa shape index (κ2) is 4.09. The standard InChI is InChI=1S/C9H13NO3/c1-6(4-11)10-9(12)8-3-7(2)13-5-8/h3,5-6,11H,4H2,1-2H3,(H,10,12)/t6-/m1/s1. The molecule has 0 spiro atoms. The summed E-state index contributed by atoms with van der Waals surface area (Å²) in [5.74, 6) is 0.472. The van der Waals surface area contributed by atoms with Crippen molar-refractivity contribution in [2.24, 2.45) is 0 Å². The smallest absolute Gasteiger partial charge is 0.254 e. The molecule has 0 aliphatic heterocycles.